The van der Waals surface area contributed by atoms with E-state index in [0.29, 0.717) is 18.7 Å². The predicted molar refractivity (Wildman–Crippen MR) is 55.9 cm³/mol. The van der Waals surface area contributed by atoms with Gasteiger partial charge in [0.25, 0.3) is 0 Å². The van der Waals surface area contributed by atoms with E-state index >= 15 is 0 Å². The highest BCUT2D eigenvalue weighted by Crippen LogP contribution is 1.95. The first-order valence-corrected chi connectivity index (χ1v) is 7.58. The van der Waals surface area contributed by atoms with Gasteiger partial charge in [-0.15, -0.1) is 0 Å². The molecular formula is C7H17NO3S2. The van der Waals surface area contributed by atoms with Gasteiger partial charge < -0.3 is 5.73 Å². The van der Waals surface area contributed by atoms with E-state index in [1.807, 2.05) is 6.92 Å². The molecule has 0 heterocycles. The van der Waals surface area contributed by atoms with E-state index in [9.17, 15) is 12.6 Å². The van der Waals surface area contributed by atoms with Crippen molar-refractivity contribution in [3.8, 4) is 0 Å². The molecule has 0 aromatic heterocycles. The Balaban J connectivity index is 3.81. The summed E-state index contributed by atoms with van der Waals surface area (Å²) in [6.45, 7) is 2.16. The molecule has 1 unspecified atom stereocenters. The molecule has 0 rings (SSSR count). The average molecular weight is 227 g/mol. The number of sulfone groups is 1. The fourth-order valence-corrected chi connectivity index (χ4v) is 3.92. The van der Waals surface area contributed by atoms with Crippen LogP contribution in [0.1, 0.15) is 13.3 Å². The van der Waals surface area contributed by atoms with Crippen molar-refractivity contribution in [2.24, 2.45) is 5.73 Å². The normalized spacial score (nSPS) is 14.3. The lowest BCUT2D eigenvalue weighted by molar-refractivity contribution is 0.595. The van der Waals surface area contributed by atoms with Gasteiger partial charge in [-0.3, -0.25) is 4.21 Å². The Morgan fingerprint density at radius 1 is 1.23 bits per heavy atom. The van der Waals surface area contributed by atoms with Crippen LogP contribution >= 0.6 is 0 Å². The van der Waals surface area contributed by atoms with Gasteiger partial charge in [-0.2, -0.15) is 0 Å². The summed E-state index contributed by atoms with van der Waals surface area (Å²) in [4.78, 5) is 0. The van der Waals surface area contributed by atoms with E-state index in [2.05, 4.69) is 0 Å². The second kappa shape index (κ2) is 6.50. The maximum absolute atomic E-state index is 11.2. The summed E-state index contributed by atoms with van der Waals surface area (Å²) in [5, 5.41) is 0. The van der Waals surface area contributed by atoms with Crippen molar-refractivity contribution in [2.45, 2.75) is 13.3 Å². The Morgan fingerprint density at radius 3 is 2.31 bits per heavy atom. The molecule has 4 nitrogen and oxygen atoms in total. The summed E-state index contributed by atoms with van der Waals surface area (Å²) in [6.07, 6.45) is 0.617. The van der Waals surface area contributed by atoms with Crippen LogP contribution in [0.25, 0.3) is 0 Å². The molecule has 0 aliphatic carbocycles. The van der Waals surface area contributed by atoms with E-state index in [4.69, 9.17) is 5.73 Å². The summed E-state index contributed by atoms with van der Waals surface area (Å²) in [5.41, 5.74) is 5.18. The Bertz CT molecular complexity index is 248. The smallest absolute Gasteiger partial charge is 0.151 e. The van der Waals surface area contributed by atoms with Crippen molar-refractivity contribution >= 4 is 20.6 Å². The minimum Gasteiger partial charge on any atom is -0.330 e. The first-order chi connectivity index (χ1) is 6.02. The molecule has 0 aliphatic rings. The predicted octanol–water partition coefficient (Wildman–Crippen LogP) is -0.481. The molecule has 1 atom stereocenters. The monoisotopic (exact) mass is 227 g/mol. The van der Waals surface area contributed by atoms with Crippen molar-refractivity contribution in [2.75, 3.05) is 29.6 Å². The van der Waals surface area contributed by atoms with E-state index in [0.717, 1.165) is 0 Å². The van der Waals surface area contributed by atoms with Gasteiger partial charge in [0.1, 0.15) is 0 Å². The number of rotatable bonds is 7. The third-order valence-corrected chi connectivity index (χ3v) is 4.95. The maximum atomic E-state index is 11.2. The van der Waals surface area contributed by atoms with Crippen molar-refractivity contribution in [3.63, 3.8) is 0 Å². The molecule has 0 amide bonds. The van der Waals surface area contributed by atoms with Crippen LogP contribution < -0.4 is 5.73 Å². The quantitative estimate of drug-likeness (QED) is 0.637. The van der Waals surface area contributed by atoms with Gasteiger partial charge in [-0.1, -0.05) is 6.92 Å². The Labute approximate surface area is 82.3 Å². The molecule has 0 aromatic carbocycles. The molecule has 0 saturated carbocycles. The zero-order chi connectivity index (χ0) is 10.3. The summed E-state index contributed by atoms with van der Waals surface area (Å²) in [5.74, 6) is 0.821. The second-order valence-electron chi connectivity index (χ2n) is 2.79. The Hall–Kier alpha value is 0.0600. The molecule has 0 aromatic rings. The van der Waals surface area contributed by atoms with Crippen LogP contribution in [0.3, 0.4) is 0 Å². The van der Waals surface area contributed by atoms with Crippen molar-refractivity contribution in [1.29, 1.82) is 0 Å². The molecule has 80 valence electrons. The first kappa shape index (κ1) is 13.1. The van der Waals surface area contributed by atoms with Gasteiger partial charge in [-0.25, -0.2) is 8.42 Å². The highest BCUT2D eigenvalue weighted by Gasteiger charge is 2.10. The SMILES string of the molecule is CCCS(=O)(=O)CCS(=O)CCN. The van der Waals surface area contributed by atoms with Crippen LogP contribution in [-0.4, -0.2) is 42.2 Å². The van der Waals surface area contributed by atoms with Gasteiger partial charge in [0, 0.05) is 34.6 Å². The van der Waals surface area contributed by atoms with Gasteiger partial charge in [-0.05, 0) is 6.42 Å². The lowest BCUT2D eigenvalue weighted by Crippen LogP contribution is -2.20. The summed E-state index contributed by atoms with van der Waals surface area (Å²) in [7, 11) is -4.05. The van der Waals surface area contributed by atoms with Crippen molar-refractivity contribution in [1.82, 2.24) is 0 Å². The van der Waals surface area contributed by atoms with Crippen LogP contribution in [0.2, 0.25) is 0 Å². The van der Waals surface area contributed by atoms with Crippen LogP contribution in [0.15, 0.2) is 0 Å². The number of hydrogen-bond acceptors (Lipinski definition) is 4. The number of hydrogen-bond donors (Lipinski definition) is 1. The zero-order valence-corrected chi connectivity index (χ0v) is 9.49. The largest absolute Gasteiger partial charge is 0.330 e. The van der Waals surface area contributed by atoms with Crippen LogP contribution in [-0.2, 0) is 20.6 Å². The molecule has 0 bridgehead atoms. The Kier molecular flexibility index (Phi) is 6.53. The van der Waals surface area contributed by atoms with E-state index in [-0.39, 0.29) is 17.3 Å². The molecule has 0 spiro atoms. The van der Waals surface area contributed by atoms with Crippen LogP contribution in [0.5, 0.6) is 0 Å². The van der Waals surface area contributed by atoms with Gasteiger partial charge in [0.05, 0.1) is 5.75 Å². The molecule has 13 heavy (non-hydrogen) atoms. The molecule has 0 fully saturated rings. The summed E-state index contributed by atoms with van der Waals surface area (Å²) < 4.78 is 33.4. The fourth-order valence-electron chi connectivity index (χ4n) is 0.866. The first-order valence-electron chi connectivity index (χ1n) is 4.27. The van der Waals surface area contributed by atoms with Gasteiger partial charge >= 0.3 is 0 Å². The minimum atomic E-state index is -2.98. The molecule has 0 saturated heterocycles. The molecule has 0 aliphatic heterocycles. The van der Waals surface area contributed by atoms with Crippen molar-refractivity contribution in [3.05, 3.63) is 0 Å². The highest BCUT2D eigenvalue weighted by molar-refractivity contribution is 7.93. The molecule has 6 heteroatoms. The van der Waals surface area contributed by atoms with Gasteiger partial charge in [0.15, 0.2) is 9.84 Å². The number of nitrogens with two attached hydrogens (primary N) is 1. The molecule has 0 radical (unpaired) electrons. The second-order valence-corrected chi connectivity index (χ2v) is 6.79. The standard InChI is InChI=1S/C7H17NO3S2/c1-2-6-13(10,11)7-5-12(9)4-3-8/h2-8H2,1H3. The van der Waals surface area contributed by atoms with E-state index < -0.39 is 20.6 Å². The summed E-state index contributed by atoms with van der Waals surface area (Å²) in [6, 6.07) is 0. The van der Waals surface area contributed by atoms with E-state index in [1.165, 1.54) is 0 Å². The van der Waals surface area contributed by atoms with E-state index in [1.54, 1.807) is 0 Å². The molecule has 2 N–H and O–H groups in total. The van der Waals surface area contributed by atoms with Gasteiger partial charge in [0.2, 0.25) is 0 Å². The minimum absolute atomic E-state index is 0.0213. The lowest BCUT2D eigenvalue weighted by Gasteiger charge is -2.01. The third kappa shape index (κ3) is 7.16. The highest BCUT2D eigenvalue weighted by atomic mass is 32.2. The Morgan fingerprint density at radius 2 is 1.85 bits per heavy atom. The van der Waals surface area contributed by atoms with Crippen LogP contribution in [0, 0.1) is 0 Å². The fraction of sp³-hybridized carbons (Fsp3) is 1.00. The lowest BCUT2D eigenvalue weighted by atomic mass is 10.6. The molecular weight excluding hydrogens is 210 g/mol. The topological polar surface area (TPSA) is 77.2 Å². The third-order valence-electron chi connectivity index (χ3n) is 1.48. The summed E-state index contributed by atoms with van der Waals surface area (Å²) >= 11 is 0. The van der Waals surface area contributed by atoms with Crippen molar-refractivity contribution < 1.29 is 12.6 Å². The maximum Gasteiger partial charge on any atom is 0.151 e. The zero-order valence-electron chi connectivity index (χ0n) is 7.86. The van der Waals surface area contributed by atoms with Crippen LogP contribution in [0.4, 0.5) is 0 Å². The average Bonchev–Trinajstić information content (AvgIpc) is 2.02.